The molecule has 0 aliphatic carbocycles. The van der Waals surface area contributed by atoms with E-state index in [9.17, 15) is 8.42 Å². The van der Waals surface area contributed by atoms with E-state index in [1.165, 1.54) is 0 Å². The molecule has 0 N–H and O–H groups in total. The molecule has 1 heterocycles. The van der Waals surface area contributed by atoms with E-state index in [0.29, 0.717) is 13.2 Å². The lowest BCUT2D eigenvalue weighted by molar-refractivity contribution is -0.0538. The van der Waals surface area contributed by atoms with E-state index in [2.05, 4.69) is 48.2 Å². The first-order valence-corrected chi connectivity index (χ1v) is 14.6. The molecule has 1 aliphatic heterocycles. The molecular formula is C30H37NO4S. The fraction of sp³-hybridized carbons (Fsp3) is 0.400. The smallest absolute Gasteiger partial charge is 0.264 e. The molecule has 3 aromatic rings. The van der Waals surface area contributed by atoms with Crippen LogP contribution in [0.5, 0.6) is 0 Å². The van der Waals surface area contributed by atoms with Crippen LogP contribution < -0.4 is 0 Å². The number of piperidine rings is 1. The molecule has 1 aliphatic rings. The number of hydrogen-bond acceptors (Lipinski definition) is 5. The number of benzene rings is 3. The Morgan fingerprint density at radius 1 is 0.861 bits per heavy atom. The van der Waals surface area contributed by atoms with Crippen LogP contribution in [0.2, 0.25) is 0 Å². The average molecular weight is 508 g/mol. The maximum atomic E-state index is 12.1. The highest BCUT2D eigenvalue weighted by molar-refractivity contribution is 7.86. The second kappa shape index (κ2) is 12.2. The van der Waals surface area contributed by atoms with Gasteiger partial charge in [-0.15, -0.1) is 0 Å². The molecule has 0 radical (unpaired) electrons. The Balaban J connectivity index is 1.70. The maximum absolute atomic E-state index is 12.1. The summed E-state index contributed by atoms with van der Waals surface area (Å²) >= 11 is 0. The highest BCUT2D eigenvalue weighted by Crippen LogP contribution is 2.41. The van der Waals surface area contributed by atoms with Gasteiger partial charge in [-0.1, -0.05) is 104 Å². The summed E-state index contributed by atoms with van der Waals surface area (Å²) in [5.41, 5.74) is 2.26. The number of likely N-dealkylation sites (tertiary alicyclic amines) is 1. The van der Waals surface area contributed by atoms with Gasteiger partial charge in [0.2, 0.25) is 0 Å². The molecule has 0 amide bonds. The molecule has 4 rings (SSSR count). The van der Waals surface area contributed by atoms with Gasteiger partial charge in [0.1, 0.15) is 5.60 Å². The minimum Gasteiger partial charge on any atom is -0.360 e. The van der Waals surface area contributed by atoms with Crippen molar-refractivity contribution in [2.24, 2.45) is 5.92 Å². The molecule has 5 nitrogen and oxygen atoms in total. The number of rotatable bonds is 11. The van der Waals surface area contributed by atoms with Crippen molar-refractivity contribution in [3.63, 3.8) is 0 Å². The minimum absolute atomic E-state index is 0.0480. The lowest BCUT2D eigenvalue weighted by Crippen LogP contribution is -2.48. The first kappa shape index (κ1) is 26.6. The number of nitrogens with zero attached hydrogens (tertiary/aromatic N) is 1. The summed E-state index contributed by atoms with van der Waals surface area (Å²) in [4.78, 5) is 2.31. The minimum atomic E-state index is -3.59. The van der Waals surface area contributed by atoms with E-state index in [-0.39, 0.29) is 5.92 Å². The van der Waals surface area contributed by atoms with Gasteiger partial charge < -0.3 is 9.64 Å². The molecule has 1 fully saturated rings. The molecule has 0 bridgehead atoms. The van der Waals surface area contributed by atoms with Gasteiger partial charge >= 0.3 is 0 Å². The molecule has 0 saturated carbocycles. The second-order valence-corrected chi connectivity index (χ2v) is 11.2. The fourth-order valence-electron chi connectivity index (χ4n) is 5.14. The van der Waals surface area contributed by atoms with Gasteiger partial charge in [-0.2, -0.15) is 8.42 Å². The lowest BCUT2D eigenvalue weighted by Gasteiger charge is -2.41. The zero-order chi connectivity index (χ0) is 25.4. The monoisotopic (exact) mass is 507 g/mol. The van der Waals surface area contributed by atoms with E-state index in [4.69, 9.17) is 8.92 Å². The summed E-state index contributed by atoms with van der Waals surface area (Å²) < 4.78 is 36.9. The van der Waals surface area contributed by atoms with E-state index >= 15 is 0 Å². The predicted octanol–water partition coefficient (Wildman–Crippen LogP) is 5.46. The zero-order valence-corrected chi connectivity index (χ0v) is 22.1. The Morgan fingerprint density at radius 3 is 1.81 bits per heavy atom. The van der Waals surface area contributed by atoms with Crippen molar-refractivity contribution >= 4 is 10.1 Å². The second-order valence-electron chi connectivity index (χ2n) is 9.63. The summed E-state index contributed by atoms with van der Waals surface area (Å²) in [7, 11) is -3.59. The van der Waals surface area contributed by atoms with Crippen LogP contribution in [0.1, 0.15) is 42.9 Å². The van der Waals surface area contributed by atoms with Crippen LogP contribution in [-0.4, -0.2) is 51.9 Å². The zero-order valence-electron chi connectivity index (χ0n) is 21.3. The first-order valence-electron chi connectivity index (χ1n) is 12.8. The van der Waals surface area contributed by atoms with Crippen LogP contribution in [0.15, 0.2) is 91.0 Å². The molecule has 0 aromatic heterocycles. The van der Waals surface area contributed by atoms with Crippen molar-refractivity contribution in [2.45, 2.75) is 37.9 Å². The van der Waals surface area contributed by atoms with E-state index < -0.39 is 21.8 Å². The van der Waals surface area contributed by atoms with E-state index in [1.807, 2.05) is 54.6 Å². The van der Waals surface area contributed by atoms with Gasteiger partial charge in [0.15, 0.2) is 0 Å². The van der Waals surface area contributed by atoms with E-state index in [0.717, 1.165) is 55.3 Å². The molecular weight excluding hydrogens is 470 g/mol. The summed E-state index contributed by atoms with van der Waals surface area (Å²) in [6, 6.07) is 30.8. The summed E-state index contributed by atoms with van der Waals surface area (Å²) in [6.45, 7) is 5.00. The standard InChI is InChI=1S/C30H37NO4S/c1-3-4-21-31-22-20-25(29(23-31)35-36(2,32)33)24-34-30(26-14-8-5-9-15-26,27-16-10-6-11-17-27)28-18-12-7-13-19-28/h5-19,25,29H,3-4,20-24H2,1-2H3/t25-,29-/m1/s1. The van der Waals surface area contributed by atoms with Crippen LogP contribution in [-0.2, 0) is 24.6 Å². The maximum Gasteiger partial charge on any atom is 0.264 e. The fourth-order valence-corrected chi connectivity index (χ4v) is 5.81. The highest BCUT2D eigenvalue weighted by Gasteiger charge is 2.40. The van der Waals surface area contributed by atoms with Crippen molar-refractivity contribution < 1.29 is 17.3 Å². The largest absolute Gasteiger partial charge is 0.360 e. The lowest BCUT2D eigenvalue weighted by atomic mass is 9.80. The van der Waals surface area contributed by atoms with Crippen molar-refractivity contribution in [2.75, 3.05) is 32.5 Å². The van der Waals surface area contributed by atoms with Gasteiger partial charge in [0.05, 0.1) is 19.0 Å². The molecule has 0 unspecified atom stereocenters. The molecule has 3 aromatic carbocycles. The first-order chi connectivity index (χ1) is 17.4. The number of hydrogen-bond donors (Lipinski definition) is 0. The van der Waals surface area contributed by atoms with Crippen molar-refractivity contribution in [1.82, 2.24) is 4.90 Å². The summed E-state index contributed by atoms with van der Waals surface area (Å²) in [5, 5.41) is 0. The van der Waals surface area contributed by atoms with Gasteiger partial charge in [0, 0.05) is 12.5 Å². The van der Waals surface area contributed by atoms with Crippen molar-refractivity contribution in [1.29, 1.82) is 0 Å². The third-order valence-electron chi connectivity index (χ3n) is 6.96. The van der Waals surface area contributed by atoms with Gasteiger partial charge in [-0.05, 0) is 42.6 Å². The third-order valence-corrected chi connectivity index (χ3v) is 7.56. The van der Waals surface area contributed by atoms with Crippen LogP contribution in [0.4, 0.5) is 0 Å². The third kappa shape index (κ3) is 6.43. The molecule has 192 valence electrons. The van der Waals surface area contributed by atoms with Crippen LogP contribution >= 0.6 is 0 Å². The molecule has 1 saturated heterocycles. The van der Waals surface area contributed by atoms with Crippen LogP contribution in [0.25, 0.3) is 0 Å². The molecule has 2 atom stereocenters. The summed E-state index contributed by atoms with van der Waals surface area (Å²) in [6.07, 6.45) is 3.71. The van der Waals surface area contributed by atoms with Gasteiger partial charge in [-0.3, -0.25) is 4.18 Å². The molecule has 0 spiro atoms. The van der Waals surface area contributed by atoms with Crippen molar-refractivity contribution in [3.8, 4) is 0 Å². The SMILES string of the molecule is CCCCN1CC[C@H](COC(c2ccccc2)(c2ccccc2)c2ccccc2)[C@H](OS(C)(=O)=O)C1. The van der Waals surface area contributed by atoms with Crippen molar-refractivity contribution in [3.05, 3.63) is 108 Å². The molecule has 6 heteroatoms. The van der Waals surface area contributed by atoms with Gasteiger partial charge in [0.25, 0.3) is 10.1 Å². The summed E-state index contributed by atoms with van der Waals surface area (Å²) in [5.74, 6) is -0.0480. The number of unbranched alkanes of at least 4 members (excludes halogenated alkanes) is 1. The Hall–Kier alpha value is -2.51. The van der Waals surface area contributed by atoms with Gasteiger partial charge in [-0.25, -0.2) is 0 Å². The van der Waals surface area contributed by atoms with Crippen LogP contribution in [0.3, 0.4) is 0 Å². The average Bonchev–Trinajstić information content (AvgIpc) is 2.90. The number of ether oxygens (including phenoxy) is 1. The Morgan fingerprint density at radius 2 is 1.36 bits per heavy atom. The van der Waals surface area contributed by atoms with E-state index in [1.54, 1.807) is 0 Å². The Kier molecular flexibility index (Phi) is 8.96. The predicted molar refractivity (Wildman–Crippen MR) is 144 cm³/mol. The topological polar surface area (TPSA) is 55.8 Å². The normalized spacial score (nSPS) is 19.3. The Bertz CT molecular complexity index is 1070. The quantitative estimate of drug-likeness (QED) is 0.255. The molecule has 36 heavy (non-hydrogen) atoms. The Labute approximate surface area is 216 Å². The highest BCUT2D eigenvalue weighted by atomic mass is 32.2. The van der Waals surface area contributed by atoms with Crippen LogP contribution in [0, 0.1) is 5.92 Å².